The van der Waals surface area contributed by atoms with Crippen LogP contribution < -0.4 is 15.9 Å². The van der Waals surface area contributed by atoms with Crippen molar-refractivity contribution in [2.75, 3.05) is 0 Å². The van der Waals surface area contributed by atoms with E-state index in [-0.39, 0.29) is 0 Å². The molecule has 11 rings (SSSR count). The van der Waals surface area contributed by atoms with E-state index in [0.717, 1.165) is 88.2 Å². The van der Waals surface area contributed by atoms with Crippen molar-refractivity contribution in [3.8, 4) is 61.8 Å². The predicted molar refractivity (Wildman–Crippen MR) is 237 cm³/mol. The summed E-state index contributed by atoms with van der Waals surface area (Å²) in [4.78, 5) is 10.2. The average Bonchev–Trinajstić information content (AvgIpc) is 3.77. The van der Waals surface area contributed by atoms with Crippen LogP contribution in [0.15, 0.2) is 206 Å². The zero-order chi connectivity index (χ0) is 37.9. The third-order valence-electron chi connectivity index (χ3n) is 11.2. The third kappa shape index (κ3) is 5.33. The molecule has 0 bridgehead atoms. The Morgan fingerprint density at radius 3 is 1.67 bits per heavy atom. The maximum atomic E-state index is 15.8. The summed E-state index contributed by atoms with van der Waals surface area (Å²) in [6.45, 7) is 0. The number of para-hydroxylation sites is 1. The Balaban J connectivity index is 1.05. The zero-order valence-electron chi connectivity index (χ0n) is 30.8. The Hall–Kier alpha value is -7.13. The van der Waals surface area contributed by atoms with Gasteiger partial charge in [-0.25, -0.2) is 9.97 Å². The van der Waals surface area contributed by atoms with E-state index in [1.807, 2.05) is 72.8 Å². The molecule has 1 aliphatic rings. The average molecular weight is 748 g/mol. The van der Waals surface area contributed by atoms with Crippen LogP contribution >= 0.6 is 7.14 Å². The van der Waals surface area contributed by atoms with Gasteiger partial charge in [0.1, 0.15) is 0 Å². The van der Waals surface area contributed by atoms with Crippen molar-refractivity contribution >= 4 is 44.9 Å². The molecule has 0 N–H and O–H groups in total. The second-order valence-corrected chi connectivity index (χ2v) is 17.2. The van der Waals surface area contributed by atoms with Gasteiger partial charge in [-0.2, -0.15) is 0 Å². The number of hydrogen-bond acceptors (Lipinski definition) is 3. The molecule has 1 aliphatic heterocycles. The minimum Gasteiger partial charge on any atom is -0.309 e. The second kappa shape index (κ2) is 13.3. The van der Waals surface area contributed by atoms with Gasteiger partial charge in [-0.1, -0.05) is 176 Å². The van der Waals surface area contributed by atoms with Crippen molar-refractivity contribution < 1.29 is 4.57 Å². The van der Waals surface area contributed by atoms with E-state index in [0.29, 0.717) is 5.82 Å². The molecule has 3 heterocycles. The summed E-state index contributed by atoms with van der Waals surface area (Å²) in [6.07, 6.45) is 0. The zero-order valence-corrected chi connectivity index (χ0v) is 31.7. The topological polar surface area (TPSA) is 47.8 Å². The first kappa shape index (κ1) is 33.2. The highest BCUT2D eigenvalue weighted by molar-refractivity contribution is 7.86. The molecule has 268 valence electrons. The first-order valence-electron chi connectivity index (χ1n) is 19.2. The lowest BCUT2D eigenvalue weighted by atomic mass is 10.0. The van der Waals surface area contributed by atoms with Gasteiger partial charge in [0, 0.05) is 49.1 Å². The fraction of sp³-hybridized carbons (Fsp3) is 0. The summed E-state index contributed by atoms with van der Waals surface area (Å²) in [5.41, 5.74) is 12.2. The molecule has 0 aliphatic carbocycles. The normalized spacial score (nSPS) is 14.5. The van der Waals surface area contributed by atoms with Crippen LogP contribution in [0.1, 0.15) is 0 Å². The number of benzene rings is 8. The Morgan fingerprint density at radius 1 is 0.421 bits per heavy atom. The maximum Gasteiger partial charge on any atom is 0.172 e. The Bertz CT molecular complexity index is 3180. The number of rotatable bonds is 6. The Morgan fingerprint density at radius 2 is 0.965 bits per heavy atom. The van der Waals surface area contributed by atoms with E-state index in [1.165, 1.54) is 5.56 Å². The van der Waals surface area contributed by atoms with E-state index in [1.54, 1.807) is 0 Å². The fourth-order valence-corrected chi connectivity index (χ4v) is 11.9. The predicted octanol–water partition coefficient (Wildman–Crippen LogP) is 11.9. The van der Waals surface area contributed by atoms with Crippen LogP contribution in [0.5, 0.6) is 0 Å². The van der Waals surface area contributed by atoms with E-state index in [2.05, 4.69) is 138 Å². The van der Waals surface area contributed by atoms with Gasteiger partial charge in [0.05, 0.1) is 22.4 Å². The van der Waals surface area contributed by atoms with Gasteiger partial charge < -0.3 is 9.13 Å². The first-order chi connectivity index (χ1) is 28.1. The summed E-state index contributed by atoms with van der Waals surface area (Å²) >= 11 is 0. The molecule has 2 aromatic heterocycles. The molecule has 0 saturated heterocycles. The maximum absolute atomic E-state index is 15.8. The highest BCUT2D eigenvalue weighted by atomic mass is 31.2. The van der Waals surface area contributed by atoms with Gasteiger partial charge in [-0.05, 0) is 52.6 Å². The molecular formula is C52H34N3OP. The van der Waals surface area contributed by atoms with Crippen LogP contribution in [0.4, 0.5) is 0 Å². The fourth-order valence-electron chi connectivity index (χ4n) is 8.57. The monoisotopic (exact) mass is 747 g/mol. The third-order valence-corrected chi connectivity index (χ3v) is 14.4. The van der Waals surface area contributed by atoms with Crippen molar-refractivity contribution in [1.82, 2.24) is 14.5 Å². The van der Waals surface area contributed by atoms with Gasteiger partial charge in [-0.15, -0.1) is 0 Å². The molecule has 0 spiro atoms. The number of hydrogen-bond donors (Lipinski definition) is 0. The summed E-state index contributed by atoms with van der Waals surface area (Å²) < 4.78 is 18.1. The number of nitrogens with zero attached hydrogens (tertiary/aromatic N) is 3. The van der Waals surface area contributed by atoms with Gasteiger partial charge in [0.2, 0.25) is 0 Å². The van der Waals surface area contributed by atoms with Crippen LogP contribution in [0, 0.1) is 0 Å². The Kier molecular flexibility index (Phi) is 7.73. The quantitative estimate of drug-likeness (QED) is 0.159. The molecule has 0 amide bonds. The molecule has 4 nitrogen and oxygen atoms in total. The van der Waals surface area contributed by atoms with E-state index >= 15 is 4.57 Å². The highest BCUT2D eigenvalue weighted by Gasteiger charge is 2.42. The lowest BCUT2D eigenvalue weighted by Gasteiger charge is -2.17. The summed E-state index contributed by atoms with van der Waals surface area (Å²) in [5, 5.41) is 4.82. The van der Waals surface area contributed by atoms with Crippen molar-refractivity contribution in [2.24, 2.45) is 0 Å². The molecule has 0 fully saturated rings. The Labute approximate surface area is 330 Å². The summed E-state index contributed by atoms with van der Waals surface area (Å²) in [6, 6.07) is 71.0. The van der Waals surface area contributed by atoms with Gasteiger partial charge in [0.25, 0.3) is 0 Å². The molecule has 0 saturated carbocycles. The lowest BCUT2D eigenvalue weighted by molar-refractivity contribution is 0.593. The first-order valence-corrected chi connectivity index (χ1v) is 20.9. The second-order valence-electron chi connectivity index (χ2n) is 14.5. The standard InChI is InChI=1S/C52H34N3OP/c56-57(41-18-8-3-9-19-41)49-23-13-11-20-42(49)43-32-33-48-50(51(43)57)44-21-10-12-22-47(44)55(48)40-30-28-38(29-31-40)46-34-45(53-52(54-46)39-16-6-2-7-17-39)37-26-24-36(25-27-37)35-14-4-1-5-15-35/h1-34H. The van der Waals surface area contributed by atoms with Crippen molar-refractivity contribution in [1.29, 1.82) is 0 Å². The molecule has 1 unspecified atom stereocenters. The van der Waals surface area contributed by atoms with Crippen LogP contribution in [0.2, 0.25) is 0 Å². The van der Waals surface area contributed by atoms with Gasteiger partial charge in [-0.3, -0.25) is 0 Å². The van der Waals surface area contributed by atoms with E-state index in [4.69, 9.17) is 9.97 Å². The number of fused-ring (bicyclic) bond motifs is 7. The summed E-state index contributed by atoms with van der Waals surface area (Å²) in [5.74, 6) is 0.680. The minimum absolute atomic E-state index is 0.680. The SMILES string of the molecule is O=P1(c2ccccc2)c2ccccc2-c2ccc3c(c21)c1ccccc1n3-c1ccc(-c2cc(-c3ccc(-c4ccccc4)cc3)nc(-c3ccccc3)n2)cc1. The van der Waals surface area contributed by atoms with Crippen molar-refractivity contribution in [3.63, 3.8) is 0 Å². The molecule has 10 aromatic rings. The van der Waals surface area contributed by atoms with Crippen molar-refractivity contribution in [2.45, 2.75) is 0 Å². The molecule has 1 atom stereocenters. The smallest absolute Gasteiger partial charge is 0.172 e. The molecule has 57 heavy (non-hydrogen) atoms. The molecular weight excluding hydrogens is 714 g/mol. The highest BCUT2D eigenvalue weighted by Crippen LogP contribution is 2.55. The van der Waals surface area contributed by atoms with Crippen LogP contribution in [0.25, 0.3) is 83.6 Å². The van der Waals surface area contributed by atoms with Crippen LogP contribution in [-0.2, 0) is 4.57 Å². The van der Waals surface area contributed by atoms with Crippen LogP contribution in [0.3, 0.4) is 0 Å². The summed E-state index contributed by atoms with van der Waals surface area (Å²) in [7, 11) is -3.19. The minimum atomic E-state index is -3.19. The van der Waals surface area contributed by atoms with Crippen molar-refractivity contribution in [3.05, 3.63) is 206 Å². The van der Waals surface area contributed by atoms with E-state index in [9.17, 15) is 0 Å². The molecule has 5 heteroatoms. The van der Waals surface area contributed by atoms with Gasteiger partial charge in [0.15, 0.2) is 13.0 Å². The number of aromatic nitrogens is 3. The van der Waals surface area contributed by atoms with Crippen LogP contribution in [-0.4, -0.2) is 14.5 Å². The molecule has 8 aromatic carbocycles. The van der Waals surface area contributed by atoms with Gasteiger partial charge >= 0.3 is 0 Å². The largest absolute Gasteiger partial charge is 0.309 e. The molecule has 0 radical (unpaired) electrons. The lowest BCUT2D eigenvalue weighted by Crippen LogP contribution is -2.21. The van der Waals surface area contributed by atoms with E-state index < -0.39 is 7.14 Å².